The van der Waals surface area contributed by atoms with Crippen molar-refractivity contribution in [2.24, 2.45) is 0 Å². The van der Waals surface area contributed by atoms with E-state index in [4.69, 9.17) is 23.2 Å². The number of aromatic nitrogens is 3. The topological polar surface area (TPSA) is 59.3 Å². The highest BCUT2D eigenvalue weighted by Crippen LogP contribution is 2.29. The lowest BCUT2D eigenvalue weighted by atomic mass is 10.1. The Bertz CT molecular complexity index is 972. The minimum Gasteiger partial charge on any atom is -0.348 e. The standard InChI is InChI=1S/C16H11Cl2F3N4O/c17-11-3-1-9(5-12(11)18)6-15(26)22-7-14-24-23-13-4-2-10(8-25(13)14)16(19,20)21/h1-5,8H,6-7H2,(H,22,26). The van der Waals surface area contributed by atoms with Crippen LogP contribution in [0.4, 0.5) is 13.2 Å². The van der Waals surface area contributed by atoms with Crippen LogP contribution in [0, 0.1) is 0 Å². The third kappa shape index (κ3) is 4.08. The van der Waals surface area contributed by atoms with Crippen molar-refractivity contribution < 1.29 is 18.0 Å². The van der Waals surface area contributed by atoms with Crippen LogP contribution in [0.25, 0.3) is 5.65 Å². The number of alkyl halides is 3. The highest BCUT2D eigenvalue weighted by molar-refractivity contribution is 6.42. The molecule has 10 heteroatoms. The molecule has 3 aromatic rings. The number of halogens is 5. The molecule has 0 bridgehead atoms. The van der Waals surface area contributed by atoms with Gasteiger partial charge in [0.2, 0.25) is 5.91 Å². The lowest BCUT2D eigenvalue weighted by molar-refractivity contribution is -0.137. The van der Waals surface area contributed by atoms with Gasteiger partial charge in [-0.25, -0.2) is 0 Å². The average molecular weight is 403 g/mol. The Balaban J connectivity index is 1.70. The lowest BCUT2D eigenvalue weighted by Crippen LogP contribution is -2.25. The molecule has 0 unspecified atom stereocenters. The number of benzene rings is 1. The third-order valence-electron chi connectivity index (χ3n) is 3.59. The van der Waals surface area contributed by atoms with Crippen LogP contribution in [0.1, 0.15) is 17.0 Å². The Labute approximate surface area is 155 Å². The molecule has 0 fully saturated rings. The summed E-state index contributed by atoms with van der Waals surface area (Å²) < 4.78 is 39.7. The van der Waals surface area contributed by atoms with Crippen LogP contribution in [0.3, 0.4) is 0 Å². The third-order valence-corrected chi connectivity index (χ3v) is 4.33. The van der Waals surface area contributed by atoms with Crippen molar-refractivity contribution in [3.63, 3.8) is 0 Å². The minimum absolute atomic E-state index is 0.0431. The number of nitrogens with one attached hydrogen (secondary N) is 1. The molecule has 5 nitrogen and oxygen atoms in total. The van der Waals surface area contributed by atoms with Crippen LogP contribution in [0.2, 0.25) is 10.0 Å². The molecule has 0 atom stereocenters. The molecule has 26 heavy (non-hydrogen) atoms. The summed E-state index contributed by atoms with van der Waals surface area (Å²) in [7, 11) is 0. The van der Waals surface area contributed by atoms with E-state index < -0.39 is 11.7 Å². The fraction of sp³-hybridized carbons (Fsp3) is 0.188. The van der Waals surface area contributed by atoms with Gasteiger partial charge in [-0.1, -0.05) is 29.3 Å². The summed E-state index contributed by atoms with van der Waals surface area (Å²) in [5.74, 6) is -0.152. The normalized spacial score (nSPS) is 11.7. The molecule has 0 saturated heterocycles. The van der Waals surface area contributed by atoms with E-state index in [0.29, 0.717) is 15.6 Å². The van der Waals surface area contributed by atoms with E-state index in [1.165, 1.54) is 10.5 Å². The summed E-state index contributed by atoms with van der Waals surface area (Å²) in [4.78, 5) is 12.0. The molecular weight excluding hydrogens is 392 g/mol. The van der Waals surface area contributed by atoms with Crippen molar-refractivity contribution in [3.05, 3.63) is 63.5 Å². The second-order valence-corrected chi connectivity index (χ2v) is 6.28. The number of rotatable bonds is 4. The number of hydrogen-bond donors (Lipinski definition) is 1. The summed E-state index contributed by atoms with van der Waals surface area (Å²) in [5, 5.41) is 10.9. The predicted octanol–water partition coefficient (Wildman–Crippen LogP) is 3.91. The first-order valence-corrected chi connectivity index (χ1v) is 8.11. The Kier molecular flexibility index (Phi) is 5.06. The van der Waals surface area contributed by atoms with Crippen LogP contribution in [-0.4, -0.2) is 20.5 Å². The fourth-order valence-corrected chi connectivity index (χ4v) is 2.62. The number of amides is 1. The quantitative estimate of drug-likeness (QED) is 0.719. The SMILES string of the molecule is O=C(Cc1ccc(Cl)c(Cl)c1)NCc1nnc2ccc(C(F)(F)F)cn12. The Morgan fingerprint density at radius 3 is 2.58 bits per heavy atom. The molecule has 0 aliphatic heterocycles. The molecule has 0 aliphatic carbocycles. The van der Waals surface area contributed by atoms with Gasteiger partial charge >= 0.3 is 6.18 Å². The van der Waals surface area contributed by atoms with E-state index in [9.17, 15) is 18.0 Å². The molecule has 3 rings (SSSR count). The van der Waals surface area contributed by atoms with Gasteiger partial charge in [-0.15, -0.1) is 10.2 Å². The highest BCUT2D eigenvalue weighted by Gasteiger charge is 2.31. The van der Waals surface area contributed by atoms with Crippen molar-refractivity contribution >= 4 is 34.8 Å². The summed E-state index contributed by atoms with van der Waals surface area (Å²) in [6.07, 6.45) is -3.54. The second kappa shape index (κ2) is 7.13. The smallest absolute Gasteiger partial charge is 0.348 e. The van der Waals surface area contributed by atoms with Gasteiger partial charge in [-0.3, -0.25) is 9.20 Å². The van der Waals surface area contributed by atoms with Gasteiger partial charge in [0.1, 0.15) is 0 Å². The zero-order valence-electron chi connectivity index (χ0n) is 13.0. The van der Waals surface area contributed by atoms with Gasteiger partial charge in [0.15, 0.2) is 11.5 Å². The fourth-order valence-electron chi connectivity index (χ4n) is 2.30. The van der Waals surface area contributed by atoms with Crippen LogP contribution >= 0.6 is 23.2 Å². The van der Waals surface area contributed by atoms with Gasteiger partial charge in [0, 0.05) is 6.20 Å². The van der Waals surface area contributed by atoms with Crippen molar-refractivity contribution in [3.8, 4) is 0 Å². The first-order chi connectivity index (χ1) is 12.2. The Morgan fingerprint density at radius 1 is 1.12 bits per heavy atom. The molecule has 1 amide bonds. The molecular formula is C16H11Cl2F3N4O. The summed E-state index contributed by atoms with van der Waals surface area (Å²) in [6.45, 7) is -0.0668. The van der Waals surface area contributed by atoms with Crippen LogP contribution in [-0.2, 0) is 23.9 Å². The molecule has 0 saturated carbocycles. The van der Waals surface area contributed by atoms with Gasteiger partial charge in [-0.05, 0) is 29.8 Å². The van der Waals surface area contributed by atoms with E-state index in [2.05, 4.69) is 15.5 Å². The van der Waals surface area contributed by atoms with Crippen LogP contribution in [0.5, 0.6) is 0 Å². The monoisotopic (exact) mass is 402 g/mol. The number of carbonyl (C=O) groups excluding carboxylic acids is 1. The van der Waals surface area contributed by atoms with E-state index in [0.717, 1.165) is 12.3 Å². The molecule has 0 aliphatic rings. The lowest BCUT2D eigenvalue weighted by Gasteiger charge is -2.08. The number of hydrogen-bond acceptors (Lipinski definition) is 3. The Morgan fingerprint density at radius 2 is 1.88 bits per heavy atom. The second-order valence-electron chi connectivity index (χ2n) is 5.46. The van der Waals surface area contributed by atoms with Crippen molar-refractivity contribution in [1.82, 2.24) is 19.9 Å². The van der Waals surface area contributed by atoms with Crippen molar-refractivity contribution in [2.75, 3.05) is 0 Å². The maximum Gasteiger partial charge on any atom is 0.417 e. The van der Waals surface area contributed by atoms with Crippen LogP contribution in [0.15, 0.2) is 36.5 Å². The van der Waals surface area contributed by atoms with Crippen molar-refractivity contribution in [2.45, 2.75) is 19.1 Å². The molecule has 2 heterocycles. The molecule has 0 spiro atoms. The minimum atomic E-state index is -4.48. The number of nitrogens with zero attached hydrogens (tertiary/aromatic N) is 3. The summed E-state index contributed by atoms with van der Waals surface area (Å²) >= 11 is 11.7. The van der Waals surface area contributed by atoms with Gasteiger partial charge in [0.25, 0.3) is 0 Å². The predicted molar refractivity (Wildman–Crippen MR) is 90.0 cm³/mol. The molecule has 1 N–H and O–H groups in total. The number of carbonyl (C=O) groups is 1. The number of fused-ring (bicyclic) bond motifs is 1. The first-order valence-electron chi connectivity index (χ1n) is 7.35. The molecule has 136 valence electrons. The largest absolute Gasteiger partial charge is 0.417 e. The average Bonchev–Trinajstić information content (AvgIpc) is 2.98. The van der Waals surface area contributed by atoms with Gasteiger partial charge in [-0.2, -0.15) is 13.2 Å². The molecule has 2 aromatic heterocycles. The van der Waals surface area contributed by atoms with E-state index >= 15 is 0 Å². The first kappa shape index (κ1) is 18.5. The van der Waals surface area contributed by atoms with E-state index in [-0.39, 0.29) is 30.3 Å². The summed E-state index contributed by atoms with van der Waals surface area (Å²) in [5.41, 5.74) is 0.0854. The zero-order valence-corrected chi connectivity index (χ0v) is 14.5. The van der Waals surface area contributed by atoms with E-state index in [1.54, 1.807) is 18.2 Å². The number of pyridine rings is 1. The van der Waals surface area contributed by atoms with Crippen molar-refractivity contribution in [1.29, 1.82) is 0 Å². The van der Waals surface area contributed by atoms with Gasteiger partial charge in [0.05, 0.1) is 28.6 Å². The maximum absolute atomic E-state index is 12.8. The van der Waals surface area contributed by atoms with E-state index in [1.807, 2.05) is 0 Å². The highest BCUT2D eigenvalue weighted by atomic mass is 35.5. The van der Waals surface area contributed by atoms with Crippen LogP contribution < -0.4 is 5.32 Å². The Hall–Kier alpha value is -2.32. The van der Waals surface area contributed by atoms with Gasteiger partial charge < -0.3 is 5.32 Å². The zero-order chi connectivity index (χ0) is 18.9. The maximum atomic E-state index is 12.8. The summed E-state index contributed by atoms with van der Waals surface area (Å²) in [6, 6.07) is 6.96. The molecule has 1 aromatic carbocycles. The molecule has 0 radical (unpaired) electrons.